The molecule has 0 fully saturated rings. The highest BCUT2D eigenvalue weighted by atomic mass is 35.5. The maximum atomic E-state index is 12.7. The van der Waals surface area contributed by atoms with E-state index in [9.17, 15) is 23.3 Å². The zero-order valence-corrected chi connectivity index (χ0v) is 16.0. The van der Waals surface area contributed by atoms with Crippen LogP contribution >= 0.6 is 11.6 Å². The van der Waals surface area contributed by atoms with Crippen LogP contribution in [0.25, 0.3) is 0 Å². The highest BCUT2D eigenvalue weighted by molar-refractivity contribution is 7.92. The van der Waals surface area contributed by atoms with E-state index >= 15 is 0 Å². The van der Waals surface area contributed by atoms with Gasteiger partial charge in [-0.2, -0.15) is 0 Å². The molecule has 0 radical (unpaired) electrons. The van der Waals surface area contributed by atoms with E-state index in [1.165, 1.54) is 31.2 Å². The molecule has 0 spiro atoms. The summed E-state index contributed by atoms with van der Waals surface area (Å²) in [5.41, 5.74) is 1.08. The van der Waals surface area contributed by atoms with Gasteiger partial charge >= 0.3 is 0 Å². The zero-order chi connectivity index (χ0) is 19.9. The van der Waals surface area contributed by atoms with Gasteiger partial charge in [0, 0.05) is 24.7 Å². The second kappa shape index (κ2) is 6.82. The summed E-state index contributed by atoms with van der Waals surface area (Å²) in [6, 6.07) is 8.13. The number of hydrogen-bond acceptors (Lipinski definition) is 5. The molecule has 8 nitrogen and oxygen atoms in total. The molecule has 142 valence electrons. The molecule has 1 amide bonds. The lowest BCUT2D eigenvalue weighted by molar-refractivity contribution is -0.384. The highest BCUT2D eigenvalue weighted by Crippen LogP contribution is 2.34. The number of nitrogens with zero attached hydrogens (tertiary/aromatic N) is 2. The van der Waals surface area contributed by atoms with E-state index in [4.69, 9.17) is 11.6 Å². The van der Waals surface area contributed by atoms with Crippen molar-refractivity contribution in [2.24, 2.45) is 0 Å². The lowest BCUT2D eigenvalue weighted by atomic mass is 10.1. The molecule has 27 heavy (non-hydrogen) atoms. The Kier molecular flexibility index (Phi) is 4.83. The molecule has 2 aromatic rings. The van der Waals surface area contributed by atoms with Crippen LogP contribution in [0.2, 0.25) is 5.02 Å². The minimum absolute atomic E-state index is 0.0106. The molecule has 1 N–H and O–H groups in total. The number of anilines is 2. The van der Waals surface area contributed by atoms with E-state index in [1.54, 1.807) is 11.0 Å². The van der Waals surface area contributed by atoms with E-state index in [-0.39, 0.29) is 27.6 Å². The second-order valence-electron chi connectivity index (χ2n) is 6.26. The first-order chi connectivity index (χ1) is 12.6. The van der Waals surface area contributed by atoms with Crippen LogP contribution in [0.3, 0.4) is 0 Å². The van der Waals surface area contributed by atoms with Crippen LogP contribution < -0.4 is 9.62 Å². The fraction of sp³-hybridized carbons (Fsp3) is 0.235. The number of amides is 1. The molecule has 1 atom stereocenters. The largest absolute Gasteiger partial charge is 0.309 e. The summed E-state index contributed by atoms with van der Waals surface area (Å²) in [6.45, 7) is 3.35. The number of carbonyl (C=O) groups is 1. The van der Waals surface area contributed by atoms with E-state index in [1.807, 2.05) is 6.92 Å². The maximum Gasteiger partial charge on any atom is 0.289 e. The van der Waals surface area contributed by atoms with Gasteiger partial charge in [0.15, 0.2) is 0 Å². The van der Waals surface area contributed by atoms with E-state index in [0.29, 0.717) is 12.1 Å². The molecule has 1 heterocycles. The van der Waals surface area contributed by atoms with Crippen molar-refractivity contribution in [3.05, 3.63) is 57.1 Å². The summed E-state index contributed by atoms with van der Waals surface area (Å²) in [5.74, 6) is -0.108. The van der Waals surface area contributed by atoms with Crippen molar-refractivity contribution in [2.45, 2.75) is 31.2 Å². The predicted molar refractivity (Wildman–Crippen MR) is 102 cm³/mol. The number of rotatable bonds is 4. The molecule has 1 aliphatic rings. The van der Waals surface area contributed by atoms with Gasteiger partial charge in [-0.3, -0.25) is 19.6 Å². The van der Waals surface area contributed by atoms with Gasteiger partial charge in [0.2, 0.25) is 5.91 Å². The molecule has 1 unspecified atom stereocenters. The van der Waals surface area contributed by atoms with Crippen molar-refractivity contribution in [1.82, 2.24) is 0 Å². The zero-order valence-electron chi connectivity index (χ0n) is 14.5. The van der Waals surface area contributed by atoms with Gasteiger partial charge < -0.3 is 4.90 Å². The third-order valence-electron chi connectivity index (χ3n) is 4.31. The Morgan fingerprint density at radius 1 is 1.30 bits per heavy atom. The standard InChI is InChI=1S/C17H16ClN3O5S/c1-10-7-12-8-14(4-6-16(12)20(10)11(2)22)27(25,26)19-13-3-5-15(18)17(9-13)21(23)24/h3-6,8-10,19H,7H2,1-2H3. The van der Waals surface area contributed by atoms with E-state index in [0.717, 1.165) is 11.6 Å². The monoisotopic (exact) mass is 409 g/mol. The van der Waals surface area contributed by atoms with Crippen molar-refractivity contribution >= 4 is 44.6 Å². The van der Waals surface area contributed by atoms with Crippen molar-refractivity contribution < 1.29 is 18.1 Å². The van der Waals surface area contributed by atoms with Gasteiger partial charge in [-0.05, 0) is 49.2 Å². The normalized spacial score (nSPS) is 16.1. The Balaban J connectivity index is 1.93. The molecule has 0 saturated carbocycles. The van der Waals surface area contributed by atoms with Crippen LogP contribution in [-0.4, -0.2) is 25.3 Å². The summed E-state index contributed by atoms with van der Waals surface area (Å²) in [7, 11) is -3.96. The maximum absolute atomic E-state index is 12.7. The topological polar surface area (TPSA) is 110 Å². The van der Waals surface area contributed by atoms with Gasteiger partial charge in [0.25, 0.3) is 15.7 Å². The van der Waals surface area contributed by atoms with E-state index < -0.39 is 20.6 Å². The van der Waals surface area contributed by atoms with Crippen LogP contribution in [0.5, 0.6) is 0 Å². The van der Waals surface area contributed by atoms with Crippen molar-refractivity contribution in [1.29, 1.82) is 0 Å². The Hall–Kier alpha value is -2.65. The second-order valence-corrected chi connectivity index (χ2v) is 8.35. The third-order valence-corrected chi connectivity index (χ3v) is 6.01. The first-order valence-electron chi connectivity index (χ1n) is 7.99. The predicted octanol–water partition coefficient (Wildman–Crippen LogP) is 3.35. The van der Waals surface area contributed by atoms with Crippen LogP contribution in [0, 0.1) is 10.1 Å². The summed E-state index contributed by atoms with van der Waals surface area (Å²) >= 11 is 5.75. The Bertz CT molecular complexity index is 1050. The number of benzene rings is 2. The van der Waals surface area contributed by atoms with Gasteiger partial charge in [-0.25, -0.2) is 8.42 Å². The summed E-state index contributed by atoms with van der Waals surface area (Å²) in [4.78, 5) is 23.7. The molecule has 3 rings (SSSR count). The molecular formula is C17H16ClN3O5S. The molecule has 0 bridgehead atoms. The molecule has 2 aromatic carbocycles. The molecule has 0 aromatic heterocycles. The summed E-state index contributed by atoms with van der Waals surface area (Å²) in [5, 5.41) is 10.9. The quantitative estimate of drug-likeness (QED) is 0.615. The van der Waals surface area contributed by atoms with Gasteiger partial charge in [-0.15, -0.1) is 0 Å². The number of nitro groups is 1. The Morgan fingerprint density at radius 3 is 2.63 bits per heavy atom. The minimum Gasteiger partial charge on any atom is -0.309 e. The molecule has 1 aliphatic heterocycles. The number of halogens is 1. The van der Waals surface area contributed by atoms with Crippen LogP contribution in [0.1, 0.15) is 19.4 Å². The molecule has 0 saturated heterocycles. The fourth-order valence-electron chi connectivity index (χ4n) is 3.18. The molecule has 0 aliphatic carbocycles. The Labute approximate surface area is 160 Å². The van der Waals surface area contributed by atoms with E-state index in [2.05, 4.69) is 4.72 Å². The van der Waals surface area contributed by atoms with Crippen molar-refractivity contribution in [2.75, 3.05) is 9.62 Å². The number of nitrogens with one attached hydrogen (secondary N) is 1. The minimum atomic E-state index is -3.96. The Morgan fingerprint density at radius 2 is 2.00 bits per heavy atom. The number of hydrogen-bond donors (Lipinski definition) is 1. The van der Waals surface area contributed by atoms with Crippen molar-refractivity contribution in [3.63, 3.8) is 0 Å². The average Bonchev–Trinajstić information content (AvgIpc) is 2.91. The van der Waals surface area contributed by atoms with Crippen molar-refractivity contribution in [3.8, 4) is 0 Å². The summed E-state index contributed by atoms with van der Waals surface area (Å²) < 4.78 is 27.7. The smallest absolute Gasteiger partial charge is 0.289 e. The number of fused-ring (bicyclic) bond motifs is 1. The highest BCUT2D eigenvalue weighted by Gasteiger charge is 2.30. The lowest BCUT2D eigenvalue weighted by Crippen LogP contribution is -2.33. The SMILES string of the molecule is CC(=O)N1c2ccc(S(=O)(=O)Nc3ccc(Cl)c([N+](=O)[O-])c3)cc2CC1C. The number of nitro benzene ring substituents is 1. The summed E-state index contributed by atoms with van der Waals surface area (Å²) in [6.07, 6.45) is 0.546. The van der Waals surface area contributed by atoms with Crippen LogP contribution in [-0.2, 0) is 21.2 Å². The fourth-order valence-corrected chi connectivity index (χ4v) is 4.47. The van der Waals surface area contributed by atoms with Gasteiger partial charge in [0.05, 0.1) is 15.5 Å². The molecule has 10 heteroatoms. The van der Waals surface area contributed by atoms with Crippen LogP contribution in [0.4, 0.5) is 17.1 Å². The number of carbonyl (C=O) groups excluding carboxylic acids is 1. The van der Waals surface area contributed by atoms with Crippen LogP contribution in [0.15, 0.2) is 41.3 Å². The first-order valence-corrected chi connectivity index (χ1v) is 9.86. The third kappa shape index (κ3) is 3.60. The first kappa shape index (κ1) is 19.1. The average molecular weight is 410 g/mol. The lowest BCUT2D eigenvalue weighted by Gasteiger charge is -2.20. The number of sulfonamides is 1. The molecular weight excluding hydrogens is 394 g/mol. The van der Waals surface area contributed by atoms with Gasteiger partial charge in [0.1, 0.15) is 5.02 Å². The van der Waals surface area contributed by atoms with Gasteiger partial charge in [-0.1, -0.05) is 11.6 Å².